The van der Waals surface area contributed by atoms with Crippen LogP contribution in [-0.4, -0.2) is 56.6 Å². The number of hydrogen-bond donors (Lipinski definition) is 2. The topological polar surface area (TPSA) is 95.9 Å². The fourth-order valence-corrected chi connectivity index (χ4v) is 4.01. The fraction of sp³-hybridized carbons (Fsp3) is 0.917. The Morgan fingerprint density at radius 1 is 1.40 bits per heavy atom. The van der Waals surface area contributed by atoms with E-state index in [1.807, 2.05) is 13.8 Å². The van der Waals surface area contributed by atoms with Gasteiger partial charge in [0.05, 0.1) is 12.5 Å². The van der Waals surface area contributed by atoms with Gasteiger partial charge in [-0.1, -0.05) is 13.8 Å². The standard InChI is InChI=1S/C12H24N2O5S/c1-9-4-10(2)8-14(7-9)20(17,18)13-6-11(19-3)5-12(15)16/h9-11,13H,4-8H2,1-3H3,(H,15,16). The van der Waals surface area contributed by atoms with Gasteiger partial charge in [-0.25, -0.2) is 0 Å². The Kier molecular flexibility index (Phi) is 6.38. The molecule has 3 atom stereocenters. The Morgan fingerprint density at radius 3 is 2.40 bits per heavy atom. The van der Waals surface area contributed by atoms with E-state index >= 15 is 0 Å². The molecule has 8 heteroatoms. The van der Waals surface area contributed by atoms with Crippen molar-refractivity contribution in [2.45, 2.75) is 32.8 Å². The molecule has 0 spiro atoms. The molecule has 7 nitrogen and oxygen atoms in total. The van der Waals surface area contributed by atoms with Gasteiger partial charge in [0.1, 0.15) is 0 Å². The summed E-state index contributed by atoms with van der Waals surface area (Å²) in [6, 6.07) is 0. The average molecular weight is 308 g/mol. The maximum absolute atomic E-state index is 12.2. The third-order valence-corrected chi connectivity index (χ3v) is 4.91. The van der Waals surface area contributed by atoms with E-state index in [9.17, 15) is 13.2 Å². The fourth-order valence-electron chi connectivity index (χ4n) is 2.53. The summed E-state index contributed by atoms with van der Waals surface area (Å²) in [5.41, 5.74) is 0. The number of carbonyl (C=O) groups is 1. The van der Waals surface area contributed by atoms with Gasteiger partial charge in [-0.3, -0.25) is 4.79 Å². The second kappa shape index (κ2) is 7.35. The van der Waals surface area contributed by atoms with Crippen LogP contribution in [0.3, 0.4) is 0 Å². The van der Waals surface area contributed by atoms with Crippen LogP contribution in [0.25, 0.3) is 0 Å². The molecule has 20 heavy (non-hydrogen) atoms. The summed E-state index contributed by atoms with van der Waals surface area (Å²) in [6.45, 7) is 5.01. The molecule has 0 saturated carbocycles. The van der Waals surface area contributed by atoms with Crippen LogP contribution in [0.2, 0.25) is 0 Å². The first kappa shape index (κ1) is 17.4. The molecule has 0 aliphatic carbocycles. The zero-order valence-corrected chi connectivity index (χ0v) is 13.0. The molecule has 0 radical (unpaired) electrons. The maximum atomic E-state index is 12.2. The van der Waals surface area contributed by atoms with Crippen LogP contribution in [-0.2, 0) is 19.7 Å². The molecule has 1 aliphatic heterocycles. The monoisotopic (exact) mass is 308 g/mol. The molecule has 118 valence electrons. The van der Waals surface area contributed by atoms with Gasteiger partial charge >= 0.3 is 5.97 Å². The van der Waals surface area contributed by atoms with Crippen molar-refractivity contribution in [3.05, 3.63) is 0 Å². The highest BCUT2D eigenvalue weighted by molar-refractivity contribution is 7.87. The smallest absolute Gasteiger partial charge is 0.306 e. The van der Waals surface area contributed by atoms with Crippen LogP contribution in [0.15, 0.2) is 0 Å². The Hall–Kier alpha value is -0.700. The van der Waals surface area contributed by atoms with Gasteiger partial charge in [0.15, 0.2) is 0 Å². The first-order valence-corrected chi connectivity index (χ1v) is 8.18. The number of rotatable bonds is 7. The van der Waals surface area contributed by atoms with Crippen molar-refractivity contribution >= 4 is 16.2 Å². The minimum atomic E-state index is -3.58. The van der Waals surface area contributed by atoms with Gasteiger partial charge < -0.3 is 9.84 Å². The minimum Gasteiger partial charge on any atom is -0.481 e. The number of nitrogens with zero attached hydrogens (tertiary/aromatic N) is 1. The molecule has 1 heterocycles. The third kappa shape index (κ3) is 5.35. The Balaban J connectivity index is 2.58. The molecule has 0 aromatic heterocycles. The molecule has 1 fully saturated rings. The number of methoxy groups -OCH3 is 1. The Morgan fingerprint density at radius 2 is 1.95 bits per heavy atom. The lowest BCUT2D eigenvalue weighted by Gasteiger charge is -2.34. The first-order valence-electron chi connectivity index (χ1n) is 6.74. The second-order valence-corrected chi connectivity index (χ2v) is 7.33. The zero-order chi connectivity index (χ0) is 15.3. The zero-order valence-electron chi connectivity index (χ0n) is 12.2. The van der Waals surface area contributed by atoms with E-state index in [0.717, 1.165) is 6.42 Å². The highest BCUT2D eigenvalue weighted by Gasteiger charge is 2.30. The highest BCUT2D eigenvalue weighted by Crippen LogP contribution is 2.22. The largest absolute Gasteiger partial charge is 0.481 e. The van der Waals surface area contributed by atoms with Crippen LogP contribution < -0.4 is 4.72 Å². The number of nitrogens with one attached hydrogen (secondary N) is 1. The van der Waals surface area contributed by atoms with Crippen LogP contribution in [0.1, 0.15) is 26.7 Å². The van der Waals surface area contributed by atoms with Gasteiger partial charge in [-0.15, -0.1) is 0 Å². The third-order valence-electron chi connectivity index (χ3n) is 3.40. The molecular weight excluding hydrogens is 284 g/mol. The summed E-state index contributed by atoms with van der Waals surface area (Å²) in [6.07, 6.45) is 0.124. The molecule has 3 unspecified atom stereocenters. The van der Waals surface area contributed by atoms with E-state index in [-0.39, 0.29) is 13.0 Å². The molecule has 0 aromatic rings. The quantitative estimate of drug-likeness (QED) is 0.704. The Labute approximate surface area is 120 Å². The summed E-state index contributed by atoms with van der Waals surface area (Å²) in [5.74, 6) is -0.364. The lowest BCUT2D eigenvalue weighted by Crippen LogP contribution is -2.49. The SMILES string of the molecule is COC(CNS(=O)(=O)N1CC(C)CC(C)C1)CC(=O)O. The van der Waals surface area contributed by atoms with E-state index in [1.54, 1.807) is 0 Å². The van der Waals surface area contributed by atoms with Crippen LogP contribution >= 0.6 is 0 Å². The van der Waals surface area contributed by atoms with E-state index in [4.69, 9.17) is 9.84 Å². The van der Waals surface area contributed by atoms with Crippen LogP contribution in [0.4, 0.5) is 0 Å². The molecule has 1 rings (SSSR count). The van der Waals surface area contributed by atoms with Gasteiger partial charge in [-0.2, -0.15) is 17.4 Å². The van der Waals surface area contributed by atoms with Gasteiger partial charge in [-0.05, 0) is 18.3 Å². The van der Waals surface area contributed by atoms with Crippen molar-refractivity contribution in [3.63, 3.8) is 0 Å². The normalized spacial score (nSPS) is 26.4. The van der Waals surface area contributed by atoms with Crippen molar-refractivity contribution in [3.8, 4) is 0 Å². The number of aliphatic carboxylic acids is 1. The van der Waals surface area contributed by atoms with E-state index in [1.165, 1.54) is 11.4 Å². The van der Waals surface area contributed by atoms with E-state index in [0.29, 0.717) is 24.9 Å². The van der Waals surface area contributed by atoms with Gasteiger partial charge in [0.2, 0.25) is 0 Å². The van der Waals surface area contributed by atoms with Crippen molar-refractivity contribution in [1.29, 1.82) is 0 Å². The molecule has 0 amide bonds. The lowest BCUT2D eigenvalue weighted by atomic mass is 9.94. The summed E-state index contributed by atoms with van der Waals surface area (Å²) >= 11 is 0. The predicted molar refractivity (Wildman–Crippen MR) is 74.5 cm³/mol. The molecule has 0 bridgehead atoms. The lowest BCUT2D eigenvalue weighted by molar-refractivity contribution is -0.139. The molecule has 2 N–H and O–H groups in total. The summed E-state index contributed by atoms with van der Waals surface area (Å²) in [5, 5.41) is 8.69. The van der Waals surface area contributed by atoms with Gasteiger partial charge in [0.25, 0.3) is 10.2 Å². The Bertz CT molecular complexity index is 416. The van der Waals surface area contributed by atoms with Crippen LogP contribution in [0.5, 0.6) is 0 Å². The number of piperidine rings is 1. The van der Waals surface area contributed by atoms with E-state index in [2.05, 4.69) is 4.72 Å². The summed E-state index contributed by atoms with van der Waals surface area (Å²) < 4.78 is 33.2. The summed E-state index contributed by atoms with van der Waals surface area (Å²) in [4.78, 5) is 10.6. The highest BCUT2D eigenvalue weighted by atomic mass is 32.2. The molecule has 1 saturated heterocycles. The number of carboxylic acids is 1. The first-order chi connectivity index (χ1) is 9.24. The van der Waals surface area contributed by atoms with Crippen molar-refractivity contribution in [2.75, 3.05) is 26.7 Å². The maximum Gasteiger partial charge on any atom is 0.306 e. The number of hydrogen-bond acceptors (Lipinski definition) is 4. The predicted octanol–water partition coefficient (Wildman–Crippen LogP) is 0.288. The van der Waals surface area contributed by atoms with Crippen molar-refractivity contribution < 1.29 is 23.1 Å². The molecule has 1 aliphatic rings. The summed E-state index contributed by atoms with van der Waals surface area (Å²) in [7, 11) is -2.21. The van der Waals surface area contributed by atoms with Crippen LogP contribution in [0, 0.1) is 11.8 Å². The molecular formula is C12H24N2O5S. The van der Waals surface area contributed by atoms with E-state index < -0.39 is 22.3 Å². The minimum absolute atomic E-state index is 0.0373. The van der Waals surface area contributed by atoms with Crippen molar-refractivity contribution in [2.24, 2.45) is 11.8 Å². The van der Waals surface area contributed by atoms with Gasteiger partial charge in [0, 0.05) is 26.7 Å². The number of ether oxygens (including phenoxy) is 1. The number of carboxylic acid groups (broad SMARTS) is 1. The molecule has 0 aromatic carbocycles. The second-order valence-electron chi connectivity index (χ2n) is 5.57. The average Bonchev–Trinajstić information content (AvgIpc) is 2.32. The van der Waals surface area contributed by atoms with Crippen molar-refractivity contribution in [1.82, 2.24) is 9.03 Å².